The molecule has 2 heterocycles. The molecule has 0 aliphatic carbocycles. The number of rotatable bonds is 5. The maximum absolute atomic E-state index is 12.3. The summed E-state index contributed by atoms with van der Waals surface area (Å²) in [7, 11) is -3.80. The minimum Gasteiger partial charge on any atom is -0.477 e. The van der Waals surface area contributed by atoms with Gasteiger partial charge in [0.2, 0.25) is 10.0 Å². The number of nitrogens with one attached hydrogen (secondary N) is 2. The molecule has 0 spiro atoms. The first-order valence-electron chi connectivity index (χ1n) is 6.06. The van der Waals surface area contributed by atoms with Crippen LogP contribution in [0.4, 0.5) is 0 Å². The molecule has 2 aromatic rings. The molecule has 0 saturated carbocycles. The van der Waals surface area contributed by atoms with Crippen LogP contribution in [-0.4, -0.2) is 29.5 Å². The quantitative estimate of drug-likeness (QED) is 0.771. The van der Waals surface area contributed by atoms with Crippen molar-refractivity contribution in [2.45, 2.75) is 32.2 Å². The highest BCUT2D eigenvalue weighted by atomic mass is 32.2. The van der Waals surface area contributed by atoms with Gasteiger partial charge in [0.1, 0.15) is 15.6 Å². The average molecular weight is 329 g/mol. The van der Waals surface area contributed by atoms with Gasteiger partial charge in [0.05, 0.1) is 6.54 Å². The van der Waals surface area contributed by atoms with Crippen molar-refractivity contribution in [3.05, 3.63) is 33.0 Å². The number of carboxylic acid groups (broad SMARTS) is 1. The van der Waals surface area contributed by atoms with Crippen LogP contribution >= 0.6 is 11.3 Å². The fourth-order valence-corrected chi connectivity index (χ4v) is 4.31. The first-order valence-corrected chi connectivity index (χ1v) is 8.35. The fraction of sp³-hybridized carbons (Fsp3) is 0.333. The highest BCUT2D eigenvalue weighted by molar-refractivity contribution is 7.89. The molecular formula is C12H15N3O4S2. The van der Waals surface area contributed by atoms with E-state index in [1.165, 1.54) is 25.2 Å². The van der Waals surface area contributed by atoms with Crippen molar-refractivity contribution in [2.24, 2.45) is 0 Å². The Morgan fingerprint density at radius 2 is 2.10 bits per heavy atom. The molecule has 0 saturated heterocycles. The van der Waals surface area contributed by atoms with Gasteiger partial charge in [-0.1, -0.05) is 0 Å². The number of carbonyl (C=O) groups is 1. The zero-order valence-electron chi connectivity index (χ0n) is 11.7. The summed E-state index contributed by atoms with van der Waals surface area (Å²) in [6.07, 6.45) is 1.67. The van der Waals surface area contributed by atoms with E-state index in [1.807, 2.05) is 6.92 Å². The number of aryl methyl sites for hydroxylation is 2. The lowest BCUT2D eigenvalue weighted by atomic mass is 10.2. The van der Waals surface area contributed by atoms with Crippen molar-refractivity contribution >= 4 is 27.3 Å². The molecule has 21 heavy (non-hydrogen) atoms. The van der Waals surface area contributed by atoms with Gasteiger partial charge in [-0.25, -0.2) is 22.9 Å². The number of sulfonamides is 1. The van der Waals surface area contributed by atoms with Crippen LogP contribution in [0, 0.1) is 20.8 Å². The van der Waals surface area contributed by atoms with Gasteiger partial charge in [-0.3, -0.25) is 0 Å². The molecule has 114 valence electrons. The molecule has 0 bridgehead atoms. The summed E-state index contributed by atoms with van der Waals surface area (Å²) in [6.45, 7) is 4.96. The van der Waals surface area contributed by atoms with Crippen molar-refractivity contribution in [1.82, 2.24) is 14.7 Å². The van der Waals surface area contributed by atoms with Crippen LogP contribution in [-0.2, 0) is 16.6 Å². The minimum absolute atomic E-state index is 0.0202. The van der Waals surface area contributed by atoms with E-state index >= 15 is 0 Å². The Kier molecular flexibility index (Phi) is 4.17. The number of hydrogen-bond donors (Lipinski definition) is 3. The number of carboxylic acids is 1. The molecule has 0 atom stereocenters. The Balaban J connectivity index is 2.29. The van der Waals surface area contributed by atoms with E-state index in [4.69, 9.17) is 5.11 Å². The number of hydrogen-bond acceptors (Lipinski definition) is 5. The smallest absolute Gasteiger partial charge is 0.352 e. The van der Waals surface area contributed by atoms with E-state index in [-0.39, 0.29) is 22.7 Å². The Labute approximate surface area is 126 Å². The van der Waals surface area contributed by atoms with Gasteiger partial charge in [-0.05, 0) is 20.8 Å². The molecule has 0 aromatic carbocycles. The summed E-state index contributed by atoms with van der Waals surface area (Å²) in [6, 6.07) is 0. The maximum Gasteiger partial charge on any atom is 0.352 e. The lowest BCUT2D eigenvalue weighted by molar-refractivity contribution is 0.0690. The summed E-state index contributed by atoms with van der Waals surface area (Å²) in [5.41, 5.74) is 0.383. The first-order chi connectivity index (χ1) is 9.72. The van der Waals surface area contributed by atoms with Crippen LogP contribution < -0.4 is 4.72 Å². The number of aromatic amines is 1. The summed E-state index contributed by atoms with van der Waals surface area (Å²) >= 11 is 1.40. The van der Waals surface area contributed by atoms with E-state index < -0.39 is 16.0 Å². The molecule has 2 rings (SSSR count). The topological polar surface area (TPSA) is 112 Å². The summed E-state index contributed by atoms with van der Waals surface area (Å²) < 4.78 is 27.1. The summed E-state index contributed by atoms with van der Waals surface area (Å²) in [5, 5.41) is 9.68. The molecule has 7 nitrogen and oxygen atoms in total. The number of aromatic nitrogens is 2. The third-order valence-corrected chi connectivity index (χ3v) is 5.52. The molecule has 0 fully saturated rings. The zero-order chi connectivity index (χ0) is 15.8. The van der Waals surface area contributed by atoms with Crippen molar-refractivity contribution in [1.29, 1.82) is 0 Å². The Morgan fingerprint density at radius 1 is 1.43 bits per heavy atom. The fourth-order valence-electron chi connectivity index (χ4n) is 2.06. The number of nitrogens with zero attached hydrogens (tertiary/aromatic N) is 1. The number of aromatic carboxylic acids is 1. The number of H-pyrrole nitrogens is 1. The molecule has 0 amide bonds. The summed E-state index contributed by atoms with van der Waals surface area (Å²) in [4.78, 5) is 18.7. The van der Waals surface area contributed by atoms with E-state index in [9.17, 15) is 13.2 Å². The summed E-state index contributed by atoms with van der Waals surface area (Å²) in [5.74, 6) is -1.19. The van der Waals surface area contributed by atoms with Gasteiger partial charge >= 0.3 is 5.97 Å². The average Bonchev–Trinajstić information content (AvgIpc) is 2.91. The van der Waals surface area contributed by atoms with Crippen LogP contribution in [0.1, 0.15) is 31.6 Å². The molecule has 0 unspecified atom stereocenters. The van der Waals surface area contributed by atoms with Crippen molar-refractivity contribution in [3.63, 3.8) is 0 Å². The van der Waals surface area contributed by atoms with Gasteiger partial charge in [-0.2, -0.15) is 0 Å². The van der Waals surface area contributed by atoms with Gasteiger partial charge in [0, 0.05) is 22.3 Å². The van der Waals surface area contributed by atoms with Crippen molar-refractivity contribution in [3.8, 4) is 0 Å². The SMILES string of the molecule is Cc1cnc(CNS(=O)(=O)c2c(C)[nH]c(C(=O)O)c2C)s1. The molecule has 9 heteroatoms. The predicted molar refractivity (Wildman–Crippen MR) is 78.1 cm³/mol. The van der Waals surface area contributed by atoms with Crippen LogP contribution in [0.2, 0.25) is 0 Å². The third kappa shape index (κ3) is 3.14. The second-order valence-electron chi connectivity index (χ2n) is 4.57. The van der Waals surface area contributed by atoms with Gasteiger partial charge in [0.15, 0.2) is 0 Å². The van der Waals surface area contributed by atoms with Gasteiger partial charge in [-0.15, -0.1) is 11.3 Å². The predicted octanol–water partition coefficient (Wildman–Crippen LogP) is 1.57. The van der Waals surface area contributed by atoms with Crippen LogP contribution in [0.25, 0.3) is 0 Å². The lowest BCUT2D eigenvalue weighted by Gasteiger charge is -2.06. The second-order valence-corrected chi connectivity index (χ2v) is 7.60. The molecule has 3 N–H and O–H groups in total. The van der Waals surface area contributed by atoms with E-state index in [1.54, 1.807) is 6.20 Å². The highest BCUT2D eigenvalue weighted by Gasteiger charge is 2.26. The second kappa shape index (κ2) is 5.58. The zero-order valence-corrected chi connectivity index (χ0v) is 13.4. The Morgan fingerprint density at radius 3 is 2.57 bits per heavy atom. The van der Waals surface area contributed by atoms with Gasteiger partial charge < -0.3 is 10.1 Å². The minimum atomic E-state index is -3.80. The van der Waals surface area contributed by atoms with Crippen LogP contribution in [0.5, 0.6) is 0 Å². The third-order valence-electron chi connectivity index (χ3n) is 2.93. The molecule has 0 aliphatic rings. The van der Waals surface area contributed by atoms with Crippen LogP contribution in [0.3, 0.4) is 0 Å². The first kappa shape index (κ1) is 15.7. The highest BCUT2D eigenvalue weighted by Crippen LogP contribution is 2.23. The van der Waals surface area contributed by atoms with Crippen LogP contribution in [0.15, 0.2) is 11.1 Å². The van der Waals surface area contributed by atoms with E-state index in [2.05, 4.69) is 14.7 Å². The Bertz CT molecular complexity index is 790. The maximum atomic E-state index is 12.3. The van der Waals surface area contributed by atoms with E-state index in [0.29, 0.717) is 10.7 Å². The van der Waals surface area contributed by atoms with Crippen molar-refractivity contribution < 1.29 is 18.3 Å². The molecular weight excluding hydrogens is 314 g/mol. The largest absolute Gasteiger partial charge is 0.477 e. The van der Waals surface area contributed by atoms with Crippen molar-refractivity contribution in [2.75, 3.05) is 0 Å². The van der Waals surface area contributed by atoms with Gasteiger partial charge in [0.25, 0.3) is 0 Å². The molecule has 0 radical (unpaired) electrons. The molecule has 0 aliphatic heterocycles. The standard InChI is InChI=1S/C12H15N3O4S2/c1-6-4-13-9(20-6)5-14-21(18,19)11-7(2)10(12(16)17)15-8(11)3/h4,14-15H,5H2,1-3H3,(H,16,17). The normalized spacial score (nSPS) is 11.8. The van der Waals surface area contributed by atoms with E-state index in [0.717, 1.165) is 4.88 Å². The Hall–Kier alpha value is -1.71. The lowest BCUT2D eigenvalue weighted by Crippen LogP contribution is -2.24. The molecule has 2 aromatic heterocycles. The number of thiazole rings is 1. The monoisotopic (exact) mass is 329 g/mol.